The van der Waals surface area contributed by atoms with Crippen LogP contribution in [0.25, 0.3) is 0 Å². The molecular weight excluding hydrogens is 280 g/mol. The first-order valence-electron chi connectivity index (χ1n) is 7.02. The van der Waals surface area contributed by atoms with Crippen molar-refractivity contribution in [3.8, 4) is 0 Å². The standard InChI is InChI=1S/C14H19ClN2OS/c15-6-11-8-19-14(17-11)5-13(18)16-7-12(9-1-2-9)10-3-4-10/h8-10,12H,1-7H2,(H,16,18). The van der Waals surface area contributed by atoms with E-state index in [1.54, 1.807) is 0 Å². The lowest BCUT2D eigenvalue weighted by Crippen LogP contribution is -2.32. The normalized spacial score (nSPS) is 18.8. The summed E-state index contributed by atoms with van der Waals surface area (Å²) >= 11 is 7.22. The van der Waals surface area contributed by atoms with E-state index >= 15 is 0 Å². The fraction of sp³-hybridized carbons (Fsp3) is 0.714. The first-order chi connectivity index (χ1) is 9.26. The maximum absolute atomic E-state index is 11.9. The Bertz CT molecular complexity index is 442. The smallest absolute Gasteiger partial charge is 0.226 e. The van der Waals surface area contributed by atoms with Gasteiger partial charge in [-0.25, -0.2) is 4.98 Å². The van der Waals surface area contributed by atoms with Crippen LogP contribution >= 0.6 is 22.9 Å². The molecule has 0 bridgehead atoms. The molecule has 0 atom stereocenters. The molecule has 1 heterocycles. The first kappa shape index (κ1) is 13.4. The highest BCUT2D eigenvalue weighted by Gasteiger charge is 2.41. The van der Waals surface area contributed by atoms with Gasteiger partial charge in [0.15, 0.2) is 0 Å². The zero-order chi connectivity index (χ0) is 13.2. The molecule has 0 aromatic carbocycles. The Morgan fingerprint density at radius 3 is 2.63 bits per heavy atom. The monoisotopic (exact) mass is 298 g/mol. The Labute approximate surface area is 122 Å². The molecule has 0 aliphatic heterocycles. The van der Waals surface area contributed by atoms with Gasteiger partial charge in [0.1, 0.15) is 5.01 Å². The second kappa shape index (κ2) is 5.80. The average Bonchev–Trinajstić information content (AvgIpc) is 3.31. The molecule has 1 N–H and O–H groups in total. The van der Waals surface area contributed by atoms with Crippen molar-refractivity contribution in [3.05, 3.63) is 16.1 Å². The van der Waals surface area contributed by atoms with Crippen LogP contribution in [0.2, 0.25) is 0 Å². The van der Waals surface area contributed by atoms with E-state index in [4.69, 9.17) is 11.6 Å². The van der Waals surface area contributed by atoms with Crippen molar-refractivity contribution < 1.29 is 4.79 Å². The van der Waals surface area contributed by atoms with Gasteiger partial charge in [-0.3, -0.25) is 4.79 Å². The second-order valence-electron chi connectivity index (χ2n) is 5.69. The highest BCUT2D eigenvalue weighted by molar-refractivity contribution is 7.09. The van der Waals surface area contributed by atoms with Crippen molar-refractivity contribution in [2.75, 3.05) is 6.54 Å². The molecule has 2 aliphatic carbocycles. The largest absolute Gasteiger partial charge is 0.355 e. The van der Waals surface area contributed by atoms with Crippen LogP contribution in [-0.4, -0.2) is 17.4 Å². The van der Waals surface area contributed by atoms with Crippen LogP contribution in [-0.2, 0) is 17.1 Å². The topological polar surface area (TPSA) is 42.0 Å². The molecule has 2 fully saturated rings. The summed E-state index contributed by atoms with van der Waals surface area (Å²) < 4.78 is 0. The van der Waals surface area contributed by atoms with E-state index in [0.717, 1.165) is 35.0 Å². The molecule has 1 aromatic heterocycles. The average molecular weight is 299 g/mol. The summed E-state index contributed by atoms with van der Waals surface area (Å²) in [6.07, 6.45) is 5.85. The quantitative estimate of drug-likeness (QED) is 0.786. The second-order valence-corrected chi connectivity index (χ2v) is 6.90. The minimum absolute atomic E-state index is 0.0989. The van der Waals surface area contributed by atoms with Crippen LogP contribution in [0.4, 0.5) is 0 Å². The lowest BCUT2D eigenvalue weighted by molar-refractivity contribution is -0.120. The minimum atomic E-state index is 0.0989. The van der Waals surface area contributed by atoms with Crippen LogP contribution in [0, 0.1) is 17.8 Å². The molecule has 1 aromatic rings. The molecule has 0 spiro atoms. The summed E-state index contributed by atoms with van der Waals surface area (Å²) in [7, 11) is 0. The number of alkyl halides is 1. The zero-order valence-corrected chi connectivity index (χ0v) is 12.5. The number of carbonyl (C=O) groups excluding carboxylic acids is 1. The lowest BCUT2D eigenvalue weighted by Gasteiger charge is -2.15. The van der Waals surface area contributed by atoms with Gasteiger partial charge in [0.05, 0.1) is 18.0 Å². The van der Waals surface area contributed by atoms with Crippen LogP contribution in [0.5, 0.6) is 0 Å². The van der Waals surface area contributed by atoms with Crippen LogP contribution in [0.15, 0.2) is 5.38 Å². The number of hydrogen-bond acceptors (Lipinski definition) is 3. The number of nitrogens with one attached hydrogen (secondary N) is 1. The van der Waals surface area contributed by atoms with Crippen molar-refractivity contribution in [2.24, 2.45) is 17.8 Å². The van der Waals surface area contributed by atoms with Gasteiger partial charge in [-0.2, -0.15) is 0 Å². The molecule has 0 unspecified atom stereocenters. The molecule has 2 saturated carbocycles. The Morgan fingerprint density at radius 2 is 2.11 bits per heavy atom. The van der Waals surface area contributed by atoms with Crippen molar-refractivity contribution in [1.29, 1.82) is 0 Å². The number of hydrogen-bond donors (Lipinski definition) is 1. The van der Waals surface area contributed by atoms with Crippen LogP contribution < -0.4 is 5.32 Å². The Balaban J connectivity index is 1.45. The van der Waals surface area contributed by atoms with E-state index in [1.165, 1.54) is 37.0 Å². The number of thiazole rings is 1. The minimum Gasteiger partial charge on any atom is -0.355 e. The third-order valence-electron chi connectivity index (χ3n) is 4.04. The number of amides is 1. The summed E-state index contributed by atoms with van der Waals surface area (Å²) in [6.45, 7) is 0.863. The summed E-state index contributed by atoms with van der Waals surface area (Å²) in [5, 5.41) is 5.88. The highest BCUT2D eigenvalue weighted by atomic mass is 35.5. The van der Waals surface area contributed by atoms with E-state index in [2.05, 4.69) is 10.3 Å². The zero-order valence-electron chi connectivity index (χ0n) is 10.9. The molecule has 104 valence electrons. The fourth-order valence-corrected chi connectivity index (χ4v) is 3.71. The number of carbonyl (C=O) groups is 1. The van der Waals surface area contributed by atoms with Crippen molar-refractivity contribution >= 4 is 28.8 Å². The number of rotatable bonds is 7. The molecule has 3 rings (SSSR count). The van der Waals surface area contributed by atoms with E-state index in [-0.39, 0.29) is 5.91 Å². The van der Waals surface area contributed by atoms with Gasteiger partial charge < -0.3 is 5.32 Å². The van der Waals surface area contributed by atoms with Gasteiger partial charge in [-0.15, -0.1) is 22.9 Å². The summed E-state index contributed by atoms with van der Waals surface area (Å²) in [6, 6.07) is 0. The fourth-order valence-electron chi connectivity index (χ4n) is 2.69. The van der Waals surface area contributed by atoms with Crippen molar-refractivity contribution in [1.82, 2.24) is 10.3 Å². The molecule has 3 nitrogen and oxygen atoms in total. The van der Waals surface area contributed by atoms with Gasteiger partial charge in [-0.05, 0) is 43.4 Å². The third-order valence-corrected chi connectivity index (χ3v) is 5.21. The van der Waals surface area contributed by atoms with Crippen LogP contribution in [0.3, 0.4) is 0 Å². The highest BCUT2D eigenvalue weighted by Crippen LogP contribution is 2.48. The van der Waals surface area contributed by atoms with E-state index in [9.17, 15) is 4.79 Å². The number of nitrogens with zero attached hydrogens (tertiary/aromatic N) is 1. The third kappa shape index (κ3) is 3.69. The van der Waals surface area contributed by atoms with Gasteiger partial charge in [0, 0.05) is 11.9 Å². The van der Waals surface area contributed by atoms with Gasteiger partial charge in [-0.1, -0.05) is 0 Å². The molecule has 0 radical (unpaired) electrons. The SMILES string of the molecule is O=C(Cc1nc(CCl)cs1)NCC(C1CC1)C1CC1. The maximum atomic E-state index is 11.9. The number of aromatic nitrogens is 1. The van der Waals surface area contributed by atoms with Gasteiger partial charge in [0.2, 0.25) is 5.91 Å². The van der Waals surface area contributed by atoms with Crippen LogP contribution in [0.1, 0.15) is 36.4 Å². The van der Waals surface area contributed by atoms with E-state index < -0.39 is 0 Å². The first-order valence-corrected chi connectivity index (χ1v) is 8.43. The predicted octanol–water partition coefficient (Wildman–Crippen LogP) is 2.98. The Hall–Kier alpha value is -0.610. The van der Waals surface area contributed by atoms with Gasteiger partial charge >= 0.3 is 0 Å². The molecular formula is C14H19ClN2OS. The Kier molecular flexibility index (Phi) is 4.08. The Morgan fingerprint density at radius 1 is 1.42 bits per heavy atom. The summed E-state index contributed by atoms with van der Waals surface area (Å²) in [5.74, 6) is 3.02. The summed E-state index contributed by atoms with van der Waals surface area (Å²) in [5.41, 5.74) is 0.864. The molecule has 19 heavy (non-hydrogen) atoms. The van der Waals surface area contributed by atoms with Gasteiger partial charge in [0.25, 0.3) is 0 Å². The maximum Gasteiger partial charge on any atom is 0.226 e. The molecule has 5 heteroatoms. The summed E-state index contributed by atoms with van der Waals surface area (Å²) in [4.78, 5) is 16.2. The van der Waals surface area contributed by atoms with Crippen molar-refractivity contribution in [3.63, 3.8) is 0 Å². The molecule has 1 amide bonds. The molecule has 0 saturated heterocycles. The lowest BCUT2D eigenvalue weighted by atomic mass is 9.98. The van der Waals surface area contributed by atoms with E-state index in [0.29, 0.717) is 12.3 Å². The number of halogens is 1. The molecule has 2 aliphatic rings. The van der Waals surface area contributed by atoms with E-state index in [1.807, 2.05) is 5.38 Å². The van der Waals surface area contributed by atoms with Crippen molar-refractivity contribution in [2.45, 2.75) is 38.0 Å². The predicted molar refractivity (Wildman–Crippen MR) is 77.3 cm³/mol.